The lowest BCUT2D eigenvalue weighted by atomic mass is 10.2. The van der Waals surface area contributed by atoms with E-state index in [0.29, 0.717) is 17.9 Å². The van der Waals surface area contributed by atoms with Crippen molar-refractivity contribution in [3.8, 4) is 5.75 Å². The molecule has 9 heteroatoms. The van der Waals surface area contributed by atoms with Crippen molar-refractivity contribution in [1.29, 1.82) is 0 Å². The quantitative estimate of drug-likeness (QED) is 0.403. The van der Waals surface area contributed by atoms with Crippen LogP contribution in [0.15, 0.2) is 61.3 Å². The number of rotatable bonds is 5. The summed E-state index contributed by atoms with van der Waals surface area (Å²) >= 11 is 12.1. The predicted molar refractivity (Wildman–Crippen MR) is 114 cm³/mol. The van der Waals surface area contributed by atoms with Gasteiger partial charge in [0.05, 0.1) is 10.7 Å². The molecule has 0 aliphatic heterocycles. The van der Waals surface area contributed by atoms with Gasteiger partial charge in [0.2, 0.25) is 4.77 Å². The van der Waals surface area contributed by atoms with E-state index in [0.717, 1.165) is 19.2 Å². The molecule has 0 unspecified atom stereocenters. The summed E-state index contributed by atoms with van der Waals surface area (Å²) in [6.45, 7) is 1.99. The van der Waals surface area contributed by atoms with Gasteiger partial charge < -0.3 is 4.74 Å². The summed E-state index contributed by atoms with van der Waals surface area (Å²) in [5.41, 5.74) is 1.62. The van der Waals surface area contributed by atoms with Gasteiger partial charge in [0.25, 0.3) is 5.56 Å². The van der Waals surface area contributed by atoms with Gasteiger partial charge in [-0.05, 0) is 52.8 Å². The zero-order valence-corrected chi connectivity index (χ0v) is 18.1. The molecule has 0 aliphatic carbocycles. The molecule has 0 fully saturated rings. The van der Waals surface area contributed by atoms with Crippen LogP contribution in [0.1, 0.15) is 16.8 Å². The van der Waals surface area contributed by atoms with E-state index in [1.54, 1.807) is 6.92 Å². The van der Waals surface area contributed by atoms with Gasteiger partial charge in [-0.15, -0.1) is 0 Å². The lowest BCUT2D eigenvalue weighted by molar-refractivity contribution is 0.304. The molecule has 3 rings (SSSR count). The van der Waals surface area contributed by atoms with Crippen molar-refractivity contribution in [2.45, 2.75) is 13.5 Å². The molecule has 0 amide bonds. The Morgan fingerprint density at radius 1 is 1.30 bits per heavy atom. The third-order valence-corrected chi connectivity index (χ3v) is 4.90. The highest BCUT2D eigenvalue weighted by molar-refractivity contribution is 9.11. The summed E-state index contributed by atoms with van der Waals surface area (Å²) in [5.74, 6) is 0.611. The van der Waals surface area contributed by atoms with E-state index < -0.39 is 0 Å². The highest BCUT2D eigenvalue weighted by Crippen LogP contribution is 2.32. The van der Waals surface area contributed by atoms with Crippen LogP contribution in [0.5, 0.6) is 5.75 Å². The number of ether oxygens (including phenoxy) is 1. The van der Waals surface area contributed by atoms with Gasteiger partial charge in [-0.1, -0.05) is 46.3 Å². The van der Waals surface area contributed by atoms with Crippen molar-refractivity contribution in [1.82, 2.24) is 14.9 Å². The van der Waals surface area contributed by atoms with Crippen molar-refractivity contribution in [2.24, 2.45) is 5.10 Å². The second kappa shape index (κ2) is 8.73. The summed E-state index contributed by atoms with van der Waals surface area (Å²) in [6, 6.07) is 13.6. The fourth-order valence-corrected chi connectivity index (χ4v) is 3.80. The number of aromatic amines is 1. The fourth-order valence-electron chi connectivity index (χ4n) is 2.26. The average molecular weight is 510 g/mol. The largest absolute Gasteiger partial charge is 0.487 e. The Kier molecular flexibility index (Phi) is 6.35. The van der Waals surface area contributed by atoms with Crippen LogP contribution in [0.4, 0.5) is 0 Å². The van der Waals surface area contributed by atoms with Gasteiger partial charge in [0, 0.05) is 10.0 Å². The van der Waals surface area contributed by atoms with E-state index in [-0.39, 0.29) is 16.0 Å². The molecule has 0 radical (unpaired) electrons. The number of hydrogen-bond donors (Lipinski definition) is 1. The van der Waals surface area contributed by atoms with Crippen LogP contribution in [0, 0.1) is 11.7 Å². The molecular weight excluding hydrogens is 496 g/mol. The van der Waals surface area contributed by atoms with Gasteiger partial charge in [-0.2, -0.15) is 14.9 Å². The van der Waals surface area contributed by atoms with E-state index in [1.807, 2.05) is 42.5 Å². The highest BCUT2D eigenvalue weighted by Gasteiger charge is 2.10. The number of aryl methyl sites for hydroxylation is 1. The molecule has 0 aliphatic rings. The fraction of sp³-hybridized carbons (Fsp3) is 0.111. The summed E-state index contributed by atoms with van der Waals surface area (Å²) in [6.07, 6.45) is 1.53. The molecule has 0 spiro atoms. The second-order valence-electron chi connectivity index (χ2n) is 5.56. The number of aromatic nitrogens is 3. The predicted octanol–water partition coefficient (Wildman–Crippen LogP) is 4.60. The highest BCUT2D eigenvalue weighted by atomic mass is 79.9. The first-order valence-electron chi connectivity index (χ1n) is 7.84. The van der Waals surface area contributed by atoms with Crippen molar-refractivity contribution < 1.29 is 4.74 Å². The summed E-state index contributed by atoms with van der Waals surface area (Å²) in [7, 11) is 0. The Morgan fingerprint density at radius 2 is 2.04 bits per heavy atom. The molecule has 3 aromatic rings. The third kappa shape index (κ3) is 4.79. The van der Waals surface area contributed by atoms with Crippen molar-refractivity contribution in [3.63, 3.8) is 0 Å². The van der Waals surface area contributed by atoms with Crippen LogP contribution in [-0.4, -0.2) is 21.1 Å². The molecular formula is C18H14Br2N4O2S. The van der Waals surface area contributed by atoms with Crippen molar-refractivity contribution >= 4 is 50.3 Å². The first-order chi connectivity index (χ1) is 13.0. The maximum atomic E-state index is 12.2. The molecule has 0 saturated heterocycles. The van der Waals surface area contributed by atoms with E-state index in [1.165, 1.54) is 6.21 Å². The Bertz CT molecular complexity index is 1110. The van der Waals surface area contributed by atoms with Crippen LogP contribution in [-0.2, 0) is 6.61 Å². The Hall–Kier alpha value is -2.10. The third-order valence-electron chi connectivity index (χ3n) is 3.59. The van der Waals surface area contributed by atoms with Crippen LogP contribution >= 0.6 is 44.1 Å². The van der Waals surface area contributed by atoms with Crippen molar-refractivity contribution in [2.75, 3.05) is 0 Å². The lowest BCUT2D eigenvalue weighted by Crippen LogP contribution is -2.22. The zero-order valence-electron chi connectivity index (χ0n) is 14.1. The molecule has 1 N–H and O–H groups in total. The standard InChI is InChI=1S/C18H14Br2N4O2S/c1-11-17(25)24(18(27)23-22-11)21-9-13-7-14(19)8-15(20)16(13)26-10-12-5-3-2-4-6-12/h2-9H,10H2,1H3,(H,23,27)/b21-9-. The van der Waals surface area contributed by atoms with Crippen LogP contribution in [0.2, 0.25) is 0 Å². The second-order valence-corrected chi connectivity index (χ2v) is 7.71. The minimum Gasteiger partial charge on any atom is -0.487 e. The Balaban J connectivity index is 1.97. The summed E-state index contributed by atoms with van der Waals surface area (Å²) < 4.78 is 8.79. The normalized spacial score (nSPS) is 11.1. The monoisotopic (exact) mass is 508 g/mol. The molecule has 6 nitrogen and oxygen atoms in total. The molecule has 0 saturated carbocycles. The molecule has 1 aromatic heterocycles. The minimum absolute atomic E-state index is 0.114. The van der Waals surface area contributed by atoms with Gasteiger partial charge in [-0.25, -0.2) is 0 Å². The number of nitrogens with zero attached hydrogens (tertiary/aromatic N) is 3. The first kappa shape index (κ1) is 19.7. The molecule has 138 valence electrons. The number of nitrogens with one attached hydrogen (secondary N) is 1. The number of halogens is 2. The van der Waals surface area contributed by atoms with Gasteiger partial charge >= 0.3 is 0 Å². The van der Waals surface area contributed by atoms with E-state index in [9.17, 15) is 4.79 Å². The first-order valence-corrected chi connectivity index (χ1v) is 9.83. The average Bonchev–Trinajstić information content (AvgIpc) is 2.65. The minimum atomic E-state index is -0.379. The van der Waals surface area contributed by atoms with Gasteiger partial charge in [0.15, 0.2) is 0 Å². The van der Waals surface area contributed by atoms with E-state index in [4.69, 9.17) is 17.0 Å². The maximum absolute atomic E-state index is 12.2. The number of benzene rings is 2. The smallest absolute Gasteiger partial charge is 0.296 e. The lowest BCUT2D eigenvalue weighted by Gasteiger charge is -2.12. The zero-order chi connectivity index (χ0) is 19.4. The SMILES string of the molecule is Cc1n[nH]c(=S)n(/N=C\c2cc(Br)cc(Br)c2OCc2ccccc2)c1=O. The van der Waals surface area contributed by atoms with Gasteiger partial charge in [0.1, 0.15) is 18.1 Å². The van der Waals surface area contributed by atoms with Crippen LogP contribution in [0.25, 0.3) is 0 Å². The van der Waals surface area contributed by atoms with Crippen molar-refractivity contribution in [3.05, 3.63) is 83.4 Å². The Labute approximate surface area is 177 Å². The van der Waals surface area contributed by atoms with E-state index >= 15 is 0 Å². The molecule has 0 atom stereocenters. The summed E-state index contributed by atoms with van der Waals surface area (Å²) in [5, 5.41) is 10.6. The molecule has 0 bridgehead atoms. The van der Waals surface area contributed by atoms with Crippen LogP contribution < -0.4 is 10.3 Å². The molecule has 2 aromatic carbocycles. The topological polar surface area (TPSA) is 72.3 Å². The van der Waals surface area contributed by atoms with Crippen LogP contribution in [0.3, 0.4) is 0 Å². The molecule has 1 heterocycles. The van der Waals surface area contributed by atoms with Gasteiger partial charge in [-0.3, -0.25) is 9.89 Å². The molecule has 27 heavy (non-hydrogen) atoms. The Morgan fingerprint density at radius 3 is 2.78 bits per heavy atom. The number of hydrogen-bond acceptors (Lipinski definition) is 5. The summed E-state index contributed by atoms with van der Waals surface area (Å²) in [4.78, 5) is 12.2. The number of H-pyrrole nitrogens is 1. The van der Waals surface area contributed by atoms with E-state index in [2.05, 4.69) is 47.2 Å². The maximum Gasteiger partial charge on any atom is 0.296 e.